The Morgan fingerprint density at radius 3 is 2.44 bits per heavy atom. The Morgan fingerprint density at radius 2 is 1.83 bits per heavy atom. The van der Waals surface area contributed by atoms with Crippen molar-refractivity contribution < 1.29 is 4.74 Å². The van der Waals surface area contributed by atoms with Crippen LogP contribution in [0.25, 0.3) is 0 Å². The summed E-state index contributed by atoms with van der Waals surface area (Å²) in [5, 5.41) is 0. The maximum atomic E-state index is 5.29. The average Bonchev–Trinajstić information content (AvgIpc) is 2.36. The molecule has 0 bridgehead atoms. The van der Waals surface area contributed by atoms with E-state index in [4.69, 9.17) is 4.74 Å². The molecule has 0 aliphatic carbocycles. The van der Waals surface area contributed by atoms with E-state index in [0.717, 1.165) is 10.2 Å². The molecule has 1 nitrogen and oxygen atoms in total. The first-order valence-corrected chi connectivity index (χ1v) is 8.06. The van der Waals surface area contributed by atoms with Crippen LogP contribution in [-0.2, 0) is 0 Å². The van der Waals surface area contributed by atoms with E-state index in [0.29, 0.717) is 0 Å². The fraction of sp³-hybridized carbons (Fsp3) is 0.143. The number of methoxy groups -OCH3 is 1. The van der Waals surface area contributed by atoms with Gasteiger partial charge in [0.15, 0.2) is 0 Å². The quantitative estimate of drug-likeness (QED) is 0.588. The molecular formula is C14H12BrIOS. The van der Waals surface area contributed by atoms with Crippen molar-refractivity contribution in [3.05, 3.63) is 50.0 Å². The standard InChI is InChI=1S/C14H12BrIOS/c1-9-3-5-10(6-4-9)18-14-7-11(15)13(17-2)8-12(14)16/h3-8H,1-2H3. The molecule has 0 aromatic heterocycles. The normalized spacial score (nSPS) is 10.4. The highest BCUT2D eigenvalue weighted by molar-refractivity contribution is 14.1. The Bertz CT molecular complexity index is 554. The summed E-state index contributed by atoms with van der Waals surface area (Å²) in [4.78, 5) is 2.47. The third kappa shape index (κ3) is 3.42. The number of hydrogen-bond donors (Lipinski definition) is 0. The van der Waals surface area contributed by atoms with Crippen LogP contribution in [0.3, 0.4) is 0 Å². The highest BCUT2D eigenvalue weighted by Crippen LogP contribution is 2.37. The van der Waals surface area contributed by atoms with Gasteiger partial charge in [-0.15, -0.1) is 0 Å². The van der Waals surface area contributed by atoms with Crippen molar-refractivity contribution >= 4 is 50.3 Å². The summed E-state index contributed by atoms with van der Waals surface area (Å²) in [5.41, 5.74) is 1.28. The molecule has 0 atom stereocenters. The van der Waals surface area contributed by atoms with Crippen LogP contribution in [0.4, 0.5) is 0 Å². The lowest BCUT2D eigenvalue weighted by molar-refractivity contribution is 0.411. The summed E-state index contributed by atoms with van der Waals surface area (Å²) in [6.45, 7) is 2.10. The molecule has 0 radical (unpaired) electrons. The zero-order chi connectivity index (χ0) is 13.1. The summed E-state index contributed by atoms with van der Waals surface area (Å²) in [5.74, 6) is 0.868. The largest absolute Gasteiger partial charge is 0.496 e. The van der Waals surface area contributed by atoms with Crippen molar-refractivity contribution in [2.45, 2.75) is 16.7 Å². The molecule has 0 spiro atoms. The lowest BCUT2D eigenvalue weighted by Crippen LogP contribution is -1.88. The monoisotopic (exact) mass is 434 g/mol. The number of halogens is 2. The lowest BCUT2D eigenvalue weighted by Gasteiger charge is -2.09. The zero-order valence-electron chi connectivity index (χ0n) is 10.0. The molecular weight excluding hydrogens is 423 g/mol. The predicted molar refractivity (Wildman–Crippen MR) is 88.7 cm³/mol. The van der Waals surface area contributed by atoms with Crippen molar-refractivity contribution in [3.8, 4) is 5.75 Å². The number of aryl methyl sites for hydroxylation is 1. The second kappa shape index (κ2) is 6.30. The summed E-state index contributed by atoms with van der Waals surface area (Å²) < 4.78 is 7.46. The Morgan fingerprint density at radius 1 is 1.17 bits per heavy atom. The van der Waals surface area contributed by atoms with Gasteiger partial charge in [-0.2, -0.15) is 0 Å². The van der Waals surface area contributed by atoms with E-state index < -0.39 is 0 Å². The maximum absolute atomic E-state index is 5.29. The number of benzene rings is 2. The highest BCUT2D eigenvalue weighted by atomic mass is 127. The fourth-order valence-corrected chi connectivity index (χ4v) is 3.76. The molecule has 0 fully saturated rings. The summed E-state index contributed by atoms with van der Waals surface area (Å²) in [6.07, 6.45) is 0. The van der Waals surface area contributed by atoms with Gasteiger partial charge >= 0.3 is 0 Å². The molecule has 0 saturated carbocycles. The van der Waals surface area contributed by atoms with E-state index in [1.807, 2.05) is 6.07 Å². The summed E-state index contributed by atoms with van der Waals surface area (Å²) >= 11 is 7.63. The van der Waals surface area contributed by atoms with Crippen LogP contribution in [0.15, 0.2) is 50.7 Å². The van der Waals surface area contributed by atoms with Crippen molar-refractivity contribution in [1.82, 2.24) is 0 Å². The van der Waals surface area contributed by atoms with Gasteiger partial charge in [-0.3, -0.25) is 0 Å². The first kappa shape index (κ1) is 14.2. The van der Waals surface area contributed by atoms with Gasteiger partial charge in [0.2, 0.25) is 0 Å². The summed E-state index contributed by atoms with van der Waals surface area (Å²) in [6, 6.07) is 12.7. The smallest absolute Gasteiger partial charge is 0.134 e. The van der Waals surface area contributed by atoms with Gasteiger partial charge in [-0.1, -0.05) is 29.5 Å². The van der Waals surface area contributed by atoms with E-state index in [-0.39, 0.29) is 0 Å². The molecule has 0 amide bonds. The molecule has 0 aliphatic rings. The second-order valence-corrected chi connectivity index (χ2v) is 6.96. The van der Waals surface area contributed by atoms with Gasteiger partial charge in [-0.05, 0) is 69.7 Å². The molecule has 4 heteroatoms. The van der Waals surface area contributed by atoms with Gasteiger partial charge < -0.3 is 4.74 Å². The molecule has 2 aromatic carbocycles. The SMILES string of the molecule is COc1cc(I)c(Sc2ccc(C)cc2)cc1Br. The van der Waals surface area contributed by atoms with Crippen LogP contribution in [-0.4, -0.2) is 7.11 Å². The van der Waals surface area contributed by atoms with Crippen molar-refractivity contribution in [2.75, 3.05) is 7.11 Å². The second-order valence-electron chi connectivity index (χ2n) is 3.83. The van der Waals surface area contributed by atoms with E-state index in [1.54, 1.807) is 18.9 Å². The Labute approximate surface area is 134 Å². The number of rotatable bonds is 3. The Kier molecular flexibility index (Phi) is 4.98. The van der Waals surface area contributed by atoms with E-state index in [9.17, 15) is 0 Å². The number of hydrogen-bond acceptors (Lipinski definition) is 2. The van der Waals surface area contributed by atoms with E-state index in [1.165, 1.54) is 18.9 Å². The zero-order valence-corrected chi connectivity index (χ0v) is 14.6. The molecule has 2 aromatic rings. The third-order valence-corrected chi connectivity index (χ3v) is 5.40. The Balaban J connectivity index is 2.29. The van der Waals surface area contributed by atoms with Crippen LogP contribution in [0.2, 0.25) is 0 Å². The van der Waals surface area contributed by atoms with Gasteiger partial charge in [0.25, 0.3) is 0 Å². The molecule has 0 unspecified atom stereocenters. The van der Waals surface area contributed by atoms with Crippen molar-refractivity contribution in [3.63, 3.8) is 0 Å². The molecule has 0 N–H and O–H groups in total. The van der Waals surface area contributed by atoms with Crippen molar-refractivity contribution in [1.29, 1.82) is 0 Å². The first-order valence-electron chi connectivity index (χ1n) is 5.37. The highest BCUT2D eigenvalue weighted by Gasteiger charge is 2.08. The van der Waals surface area contributed by atoms with Crippen molar-refractivity contribution in [2.24, 2.45) is 0 Å². The predicted octanol–water partition coefficient (Wildman–Crippen LogP) is 5.52. The molecule has 94 valence electrons. The van der Waals surface area contributed by atoms with Crippen LogP contribution in [0.5, 0.6) is 5.75 Å². The van der Waals surface area contributed by atoms with Crippen LogP contribution >= 0.6 is 50.3 Å². The minimum atomic E-state index is 0.868. The number of ether oxygens (including phenoxy) is 1. The summed E-state index contributed by atoms with van der Waals surface area (Å²) in [7, 11) is 1.68. The van der Waals surface area contributed by atoms with Gasteiger partial charge in [0.05, 0.1) is 11.6 Å². The average molecular weight is 435 g/mol. The maximum Gasteiger partial charge on any atom is 0.134 e. The molecule has 2 rings (SSSR count). The minimum absolute atomic E-state index is 0.868. The first-order chi connectivity index (χ1) is 8.60. The van der Waals surface area contributed by atoms with Gasteiger partial charge in [0.1, 0.15) is 5.75 Å². The van der Waals surface area contributed by atoms with E-state index in [2.05, 4.69) is 75.8 Å². The van der Waals surface area contributed by atoms with Gasteiger partial charge in [-0.25, -0.2) is 0 Å². The van der Waals surface area contributed by atoms with E-state index >= 15 is 0 Å². The van der Waals surface area contributed by atoms with Crippen LogP contribution in [0, 0.1) is 10.5 Å². The fourth-order valence-electron chi connectivity index (χ4n) is 1.48. The molecule has 0 saturated heterocycles. The van der Waals surface area contributed by atoms with Gasteiger partial charge in [0, 0.05) is 13.4 Å². The Hall–Kier alpha value is -0.200. The molecule has 0 heterocycles. The van der Waals surface area contributed by atoms with Crippen LogP contribution < -0.4 is 4.74 Å². The molecule has 18 heavy (non-hydrogen) atoms. The van der Waals surface area contributed by atoms with Crippen LogP contribution in [0.1, 0.15) is 5.56 Å². The third-order valence-electron chi connectivity index (χ3n) is 2.46. The minimum Gasteiger partial charge on any atom is -0.496 e. The topological polar surface area (TPSA) is 9.23 Å². The lowest BCUT2D eigenvalue weighted by atomic mass is 10.2. The molecule has 0 aliphatic heterocycles.